The van der Waals surface area contributed by atoms with Crippen LogP contribution < -0.4 is 5.32 Å². The van der Waals surface area contributed by atoms with Gasteiger partial charge in [0.15, 0.2) is 0 Å². The molecule has 0 saturated heterocycles. The van der Waals surface area contributed by atoms with E-state index in [0.717, 1.165) is 32.1 Å². The van der Waals surface area contributed by atoms with Gasteiger partial charge in [0.05, 0.1) is 16.4 Å². The van der Waals surface area contributed by atoms with Gasteiger partial charge in [0, 0.05) is 41.7 Å². The van der Waals surface area contributed by atoms with Gasteiger partial charge in [-0.3, -0.25) is 14.9 Å². The normalized spacial score (nSPS) is 16.1. The highest BCUT2D eigenvalue weighted by molar-refractivity contribution is 6.02. The third-order valence-electron chi connectivity index (χ3n) is 5.98. The fourth-order valence-electron chi connectivity index (χ4n) is 4.36. The van der Waals surface area contributed by atoms with Crippen molar-refractivity contribution >= 4 is 17.6 Å². The summed E-state index contributed by atoms with van der Waals surface area (Å²) in [7, 11) is 0. The number of carbonyl (C=O) groups excluding carboxylic acids is 1. The zero-order valence-corrected chi connectivity index (χ0v) is 19.6. The van der Waals surface area contributed by atoms with E-state index in [0.29, 0.717) is 17.9 Å². The van der Waals surface area contributed by atoms with Crippen LogP contribution in [-0.4, -0.2) is 39.9 Å². The number of allylic oxidation sites excluding steroid dienone is 2. The van der Waals surface area contributed by atoms with Crippen molar-refractivity contribution in [2.45, 2.75) is 58.8 Å². The van der Waals surface area contributed by atoms with Gasteiger partial charge in [0.2, 0.25) is 5.91 Å². The predicted molar refractivity (Wildman–Crippen MR) is 128 cm³/mol. The average molecular weight is 456 g/mol. The summed E-state index contributed by atoms with van der Waals surface area (Å²) < 4.78 is 0. The number of unbranched alkanes of at least 4 members (excludes halogenated alkanes) is 4. The molecule has 0 bridgehead atoms. The number of para-hydroxylation sites is 1. The van der Waals surface area contributed by atoms with Crippen LogP contribution in [0.3, 0.4) is 0 Å². The van der Waals surface area contributed by atoms with E-state index >= 15 is 0 Å². The fraction of sp³-hybridized carbons (Fsp3) is 0.440. The molecule has 2 N–H and O–H groups in total. The van der Waals surface area contributed by atoms with Gasteiger partial charge < -0.3 is 15.3 Å². The molecule has 8 heteroatoms. The Labute approximate surface area is 194 Å². The van der Waals surface area contributed by atoms with E-state index in [4.69, 9.17) is 0 Å². The maximum Gasteiger partial charge on any atom is 0.334 e. The van der Waals surface area contributed by atoms with Gasteiger partial charge in [0.1, 0.15) is 0 Å². The minimum absolute atomic E-state index is 0.0211. The number of nitrogens with zero attached hydrogens (tertiary/aromatic N) is 2. The first-order valence-corrected chi connectivity index (χ1v) is 11.3. The van der Waals surface area contributed by atoms with Crippen LogP contribution in [0.2, 0.25) is 0 Å². The van der Waals surface area contributed by atoms with Gasteiger partial charge in [0.25, 0.3) is 5.69 Å². The summed E-state index contributed by atoms with van der Waals surface area (Å²) >= 11 is 0. The number of rotatable bonds is 12. The highest BCUT2D eigenvalue weighted by Crippen LogP contribution is 2.44. The molecule has 0 aromatic heterocycles. The standard InChI is InChI=1S/C25H33N3O5/c1-5-7-8-9-12-16-27-17(3)21(24(29)26-15-6-2)23(22(18(27)4)25(30)31)19-13-10-11-14-20(19)28(32)33/h6,10-11,13-14,23H,2,5,7-9,12,15-16H2,1,3-4H3,(H,26,29)(H,30,31). The summed E-state index contributed by atoms with van der Waals surface area (Å²) in [4.78, 5) is 38.8. The maximum absolute atomic E-state index is 13.2. The topological polar surface area (TPSA) is 113 Å². The summed E-state index contributed by atoms with van der Waals surface area (Å²) in [6, 6.07) is 6.00. The van der Waals surface area contributed by atoms with E-state index in [-0.39, 0.29) is 28.9 Å². The van der Waals surface area contributed by atoms with Gasteiger partial charge >= 0.3 is 5.97 Å². The third-order valence-corrected chi connectivity index (χ3v) is 5.98. The van der Waals surface area contributed by atoms with E-state index in [1.165, 1.54) is 24.3 Å². The molecule has 8 nitrogen and oxygen atoms in total. The summed E-state index contributed by atoms with van der Waals surface area (Å²) in [6.45, 7) is 10.0. The van der Waals surface area contributed by atoms with Crippen LogP contribution in [0, 0.1) is 10.1 Å². The Hall–Kier alpha value is -3.42. The number of nitrogens with one attached hydrogen (secondary N) is 1. The third kappa shape index (κ3) is 5.88. The highest BCUT2D eigenvalue weighted by atomic mass is 16.6. The molecule has 1 aliphatic rings. The van der Waals surface area contributed by atoms with Crippen molar-refractivity contribution in [3.8, 4) is 0 Å². The molecule has 33 heavy (non-hydrogen) atoms. The van der Waals surface area contributed by atoms with Crippen molar-refractivity contribution in [3.05, 3.63) is 75.1 Å². The lowest BCUT2D eigenvalue weighted by Gasteiger charge is -2.37. The number of aliphatic carboxylic acids is 1. The second-order valence-electron chi connectivity index (χ2n) is 8.12. The van der Waals surface area contributed by atoms with Crippen LogP contribution in [0.15, 0.2) is 59.5 Å². The Morgan fingerprint density at radius 1 is 1.15 bits per heavy atom. The average Bonchev–Trinajstić information content (AvgIpc) is 2.78. The SMILES string of the molecule is C=CCNC(=O)C1=C(C)N(CCCCCCC)C(C)=C(C(=O)O)C1c1ccccc1[N+](=O)[O-]. The molecule has 1 aromatic carbocycles. The Kier molecular flexibility index (Phi) is 9.39. The zero-order valence-electron chi connectivity index (χ0n) is 19.6. The van der Waals surface area contributed by atoms with Crippen molar-refractivity contribution in [1.82, 2.24) is 10.2 Å². The molecular formula is C25H33N3O5. The number of nitro groups is 1. The second kappa shape index (κ2) is 12.0. The van der Waals surface area contributed by atoms with Gasteiger partial charge in [-0.05, 0) is 20.3 Å². The van der Waals surface area contributed by atoms with Crippen LogP contribution in [-0.2, 0) is 9.59 Å². The molecule has 1 atom stereocenters. The summed E-state index contributed by atoms with van der Waals surface area (Å²) in [6.07, 6.45) is 6.72. The minimum atomic E-state index is -1.20. The molecule has 178 valence electrons. The minimum Gasteiger partial charge on any atom is -0.478 e. The number of carboxylic acids is 1. The zero-order chi connectivity index (χ0) is 24.5. The van der Waals surface area contributed by atoms with Crippen LogP contribution in [0.1, 0.15) is 64.4 Å². The maximum atomic E-state index is 13.2. The van der Waals surface area contributed by atoms with Crippen LogP contribution in [0.4, 0.5) is 5.69 Å². The quantitative estimate of drug-likeness (QED) is 0.201. The number of carbonyl (C=O) groups is 2. The molecule has 0 radical (unpaired) electrons. The van der Waals surface area contributed by atoms with E-state index in [1.807, 2.05) is 4.90 Å². The van der Waals surface area contributed by atoms with Gasteiger partial charge in [-0.1, -0.05) is 56.9 Å². The number of carboxylic acid groups (broad SMARTS) is 1. The van der Waals surface area contributed by atoms with E-state index in [9.17, 15) is 24.8 Å². The van der Waals surface area contributed by atoms with Crippen molar-refractivity contribution in [1.29, 1.82) is 0 Å². The number of hydrogen-bond acceptors (Lipinski definition) is 5. The number of nitro benzene ring substituents is 1. The van der Waals surface area contributed by atoms with Crippen molar-refractivity contribution in [2.75, 3.05) is 13.1 Å². The first-order valence-electron chi connectivity index (χ1n) is 11.3. The lowest BCUT2D eigenvalue weighted by atomic mass is 9.78. The fourth-order valence-corrected chi connectivity index (χ4v) is 4.36. The molecule has 2 rings (SSSR count). The summed E-state index contributed by atoms with van der Waals surface area (Å²) in [5.74, 6) is -2.73. The van der Waals surface area contributed by atoms with Gasteiger partial charge in [-0.2, -0.15) is 0 Å². The van der Waals surface area contributed by atoms with Crippen LogP contribution in [0.25, 0.3) is 0 Å². The molecule has 0 fully saturated rings. The van der Waals surface area contributed by atoms with Crippen molar-refractivity contribution in [3.63, 3.8) is 0 Å². The molecular weight excluding hydrogens is 422 g/mol. The molecule has 1 aromatic rings. The lowest BCUT2D eigenvalue weighted by molar-refractivity contribution is -0.385. The Morgan fingerprint density at radius 2 is 1.79 bits per heavy atom. The van der Waals surface area contributed by atoms with Crippen LogP contribution in [0.5, 0.6) is 0 Å². The first-order chi connectivity index (χ1) is 15.8. The molecule has 0 saturated carbocycles. The monoisotopic (exact) mass is 455 g/mol. The number of hydrogen-bond donors (Lipinski definition) is 2. The largest absolute Gasteiger partial charge is 0.478 e. The van der Waals surface area contributed by atoms with Gasteiger partial charge in [-0.15, -0.1) is 6.58 Å². The molecule has 0 spiro atoms. The smallest absolute Gasteiger partial charge is 0.334 e. The van der Waals surface area contributed by atoms with E-state index in [2.05, 4.69) is 18.8 Å². The summed E-state index contributed by atoms with van der Waals surface area (Å²) in [5, 5.41) is 24.6. The second-order valence-corrected chi connectivity index (χ2v) is 8.12. The molecule has 1 unspecified atom stereocenters. The molecule has 1 aliphatic heterocycles. The Balaban J connectivity index is 2.65. The van der Waals surface area contributed by atoms with Crippen molar-refractivity contribution in [2.24, 2.45) is 0 Å². The van der Waals surface area contributed by atoms with E-state index in [1.54, 1.807) is 19.9 Å². The predicted octanol–water partition coefficient (Wildman–Crippen LogP) is 4.90. The van der Waals surface area contributed by atoms with E-state index < -0.39 is 22.7 Å². The Morgan fingerprint density at radius 3 is 2.39 bits per heavy atom. The number of amides is 1. The van der Waals surface area contributed by atoms with Crippen LogP contribution >= 0.6 is 0 Å². The molecule has 1 heterocycles. The van der Waals surface area contributed by atoms with Gasteiger partial charge in [-0.25, -0.2) is 4.79 Å². The van der Waals surface area contributed by atoms with Crippen molar-refractivity contribution < 1.29 is 19.6 Å². The summed E-state index contributed by atoms with van der Waals surface area (Å²) in [5.41, 5.74) is 1.26. The highest BCUT2D eigenvalue weighted by Gasteiger charge is 2.41. The molecule has 0 aliphatic carbocycles. The Bertz CT molecular complexity index is 980. The lowest BCUT2D eigenvalue weighted by Crippen LogP contribution is -2.38. The molecule has 1 amide bonds. The first kappa shape index (κ1) is 25.8. The number of benzene rings is 1.